The Kier molecular flexibility index (Phi) is 5.49. The Morgan fingerprint density at radius 3 is 2.06 bits per heavy atom. The van der Waals surface area contributed by atoms with Crippen LogP contribution in [-0.2, 0) is 6.61 Å². The van der Waals surface area contributed by atoms with Gasteiger partial charge in [0.05, 0.1) is 13.2 Å². The number of benzene rings is 1. The lowest BCUT2D eigenvalue weighted by Gasteiger charge is -2.17. The molecule has 0 fully saturated rings. The van der Waals surface area contributed by atoms with Gasteiger partial charge >= 0.3 is 0 Å². The van der Waals surface area contributed by atoms with E-state index in [1.807, 2.05) is 26.0 Å². The van der Waals surface area contributed by atoms with E-state index in [0.29, 0.717) is 5.92 Å². The first-order valence-corrected chi connectivity index (χ1v) is 6.46. The molecule has 0 heterocycles. The van der Waals surface area contributed by atoms with Crippen molar-refractivity contribution in [3.8, 4) is 5.75 Å². The molecule has 96 valence electrons. The Hall–Kier alpha value is -1.02. The maximum atomic E-state index is 9.13. The summed E-state index contributed by atoms with van der Waals surface area (Å²) in [5.41, 5.74) is 3.18. The molecule has 0 aromatic heterocycles. The van der Waals surface area contributed by atoms with Crippen molar-refractivity contribution in [1.82, 2.24) is 0 Å². The van der Waals surface area contributed by atoms with Gasteiger partial charge in [-0.25, -0.2) is 0 Å². The molecule has 1 aromatic rings. The number of aliphatic hydroxyl groups excluding tert-OH is 1. The van der Waals surface area contributed by atoms with Crippen molar-refractivity contribution in [2.45, 2.75) is 47.1 Å². The molecular weight excluding hydrogens is 212 g/mol. The number of hydrogen-bond acceptors (Lipinski definition) is 2. The Morgan fingerprint density at radius 1 is 1.12 bits per heavy atom. The van der Waals surface area contributed by atoms with Crippen LogP contribution in [0.3, 0.4) is 0 Å². The average molecular weight is 236 g/mol. The Bertz CT molecular complexity index is 331. The van der Waals surface area contributed by atoms with E-state index in [0.717, 1.165) is 41.9 Å². The fourth-order valence-corrected chi connectivity index (χ4v) is 2.08. The molecule has 0 aliphatic carbocycles. The second-order valence-corrected chi connectivity index (χ2v) is 4.71. The van der Waals surface area contributed by atoms with E-state index in [-0.39, 0.29) is 6.61 Å². The van der Waals surface area contributed by atoms with Gasteiger partial charge in [-0.2, -0.15) is 0 Å². The first-order valence-electron chi connectivity index (χ1n) is 6.46. The fraction of sp³-hybridized carbons (Fsp3) is 0.600. The zero-order valence-corrected chi connectivity index (χ0v) is 11.4. The molecule has 0 saturated carbocycles. The summed E-state index contributed by atoms with van der Waals surface area (Å²) in [4.78, 5) is 0. The summed E-state index contributed by atoms with van der Waals surface area (Å²) >= 11 is 0. The predicted octanol–water partition coefficient (Wildman–Crippen LogP) is 3.61. The van der Waals surface area contributed by atoms with E-state index >= 15 is 0 Å². The van der Waals surface area contributed by atoms with Crippen LogP contribution in [0.1, 0.15) is 43.4 Å². The van der Waals surface area contributed by atoms with Gasteiger partial charge in [-0.3, -0.25) is 0 Å². The van der Waals surface area contributed by atoms with Gasteiger partial charge in [-0.15, -0.1) is 0 Å². The SMILES string of the molecule is CCC(CC)COc1c(C)cc(CO)cc1C. The van der Waals surface area contributed by atoms with Gasteiger partial charge in [-0.1, -0.05) is 38.8 Å². The maximum Gasteiger partial charge on any atom is 0.125 e. The topological polar surface area (TPSA) is 29.5 Å². The van der Waals surface area contributed by atoms with Gasteiger partial charge in [0.15, 0.2) is 0 Å². The molecule has 1 N–H and O–H groups in total. The van der Waals surface area contributed by atoms with Gasteiger partial charge in [0.1, 0.15) is 5.75 Å². The molecule has 0 bridgehead atoms. The lowest BCUT2D eigenvalue weighted by Crippen LogP contribution is -2.11. The number of rotatable bonds is 6. The molecular formula is C15H24O2. The average Bonchev–Trinajstić information content (AvgIpc) is 2.32. The highest BCUT2D eigenvalue weighted by atomic mass is 16.5. The van der Waals surface area contributed by atoms with Crippen LogP contribution in [0.5, 0.6) is 5.75 Å². The summed E-state index contributed by atoms with van der Waals surface area (Å²) in [7, 11) is 0. The second kappa shape index (κ2) is 6.65. The molecule has 1 aromatic carbocycles. The molecule has 2 nitrogen and oxygen atoms in total. The van der Waals surface area contributed by atoms with E-state index in [4.69, 9.17) is 9.84 Å². The number of aliphatic hydroxyl groups is 1. The van der Waals surface area contributed by atoms with E-state index in [1.165, 1.54) is 0 Å². The highest BCUT2D eigenvalue weighted by Gasteiger charge is 2.09. The summed E-state index contributed by atoms with van der Waals surface area (Å²) in [6.45, 7) is 9.35. The number of ether oxygens (including phenoxy) is 1. The van der Waals surface area contributed by atoms with Gasteiger partial charge in [0.2, 0.25) is 0 Å². The molecule has 0 unspecified atom stereocenters. The van der Waals surface area contributed by atoms with E-state index < -0.39 is 0 Å². The minimum Gasteiger partial charge on any atom is -0.493 e. The normalized spacial score (nSPS) is 10.9. The highest BCUT2D eigenvalue weighted by Crippen LogP contribution is 2.26. The Morgan fingerprint density at radius 2 is 1.65 bits per heavy atom. The molecule has 17 heavy (non-hydrogen) atoms. The van der Waals surface area contributed by atoms with Crippen molar-refractivity contribution in [1.29, 1.82) is 0 Å². The second-order valence-electron chi connectivity index (χ2n) is 4.71. The van der Waals surface area contributed by atoms with Crippen molar-refractivity contribution in [2.24, 2.45) is 5.92 Å². The monoisotopic (exact) mass is 236 g/mol. The minimum atomic E-state index is 0.0918. The van der Waals surface area contributed by atoms with Crippen LogP contribution >= 0.6 is 0 Å². The largest absolute Gasteiger partial charge is 0.493 e. The summed E-state index contributed by atoms with van der Waals surface area (Å²) in [6, 6.07) is 3.99. The van der Waals surface area contributed by atoms with Crippen molar-refractivity contribution in [2.75, 3.05) is 6.61 Å². The molecule has 0 aliphatic rings. The molecule has 0 aliphatic heterocycles. The lowest BCUT2D eigenvalue weighted by molar-refractivity contribution is 0.237. The van der Waals surface area contributed by atoms with Crippen molar-refractivity contribution in [3.63, 3.8) is 0 Å². The van der Waals surface area contributed by atoms with Gasteiger partial charge in [0, 0.05) is 0 Å². The predicted molar refractivity (Wildman–Crippen MR) is 71.4 cm³/mol. The molecule has 0 atom stereocenters. The van der Waals surface area contributed by atoms with Crippen LogP contribution in [-0.4, -0.2) is 11.7 Å². The van der Waals surface area contributed by atoms with Crippen LogP contribution in [0.4, 0.5) is 0 Å². The first kappa shape index (κ1) is 14.0. The van der Waals surface area contributed by atoms with Crippen LogP contribution in [0.2, 0.25) is 0 Å². The third-order valence-electron chi connectivity index (χ3n) is 3.32. The smallest absolute Gasteiger partial charge is 0.125 e. The van der Waals surface area contributed by atoms with Crippen LogP contribution in [0.25, 0.3) is 0 Å². The van der Waals surface area contributed by atoms with Crippen molar-refractivity contribution >= 4 is 0 Å². The Balaban J connectivity index is 2.77. The molecule has 1 rings (SSSR count). The first-order chi connectivity index (χ1) is 8.12. The van der Waals surface area contributed by atoms with Crippen LogP contribution < -0.4 is 4.74 Å². The standard InChI is InChI=1S/C15H24O2/c1-5-13(6-2)10-17-15-11(3)7-14(9-16)8-12(15)4/h7-8,13,16H,5-6,9-10H2,1-4H3. The fourth-order valence-electron chi connectivity index (χ4n) is 2.08. The Labute approximate surface area is 105 Å². The molecule has 0 radical (unpaired) electrons. The zero-order valence-electron chi connectivity index (χ0n) is 11.4. The summed E-state index contributed by atoms with van der Waals surface area (Å²) < 4.78 is 5.93. The summed E-state index contributed by atoms with van der Waals surface area (Å²) in [5.74, 6) is 1.61. The quantitative estimate of drug-likeness (QED) is 0.817. The molecule has 0 amide bonds. The summed E-state index contributed by atoms with van der Waals surface area (Å²) in [6.07, 6.45) is 2.31. The molecule has 0 saturated heterocycles. The van der Waals surface area contributed by atoms with Gasteiger partial charge in [0.25, 0.3) is 0 Å². The third kappa shape index (κ3) is 3.74. The number of aryl methyl sites for hydroxylation is 2. The van der Waals surface area contributed by atoms with Crippen molar-refractivity contribution < 1.29 is 9.84 Å². The zero-order chi connectivity index (χ0) is 12.8. The lowest BCUT2D eigenvalue weighted by atomic mass is 10.0. The minimum absolute atomic E-state index is 0.0918. The molecule has 2 heteroatoms. The van der Waals surface area contributed by atoms with E-state index in [2.05, 4.69) is 13.8 Å². The number of hydrogen-bond donors (Lipinski definition) is 1. The van der Waals surface area contributed by atoms with Gasteiger partial charge < -0.3 is 9.84 Å². The maximum absolute atomic E-state index is 9.13. The highest BCUT2D eigenvalue weighted by molar-refractivity contribution is 5.43. The van der Waals surface area contributed by atoms with E-state index in [1.54, 1.807) is 0 Å². The van der Waals surface area contributed by atoms with E-state index in [9.17, 15) is 0 Å². The van der Waals surface area contributed by atoms with Crippen LogP contribution in [0, 0.1) is 19.8 Å². The van der Waals surface area contributed by atoms with Gasteiger partial charge in [-0.05, 0) is 36.5 Å². The van der Waals surface area contributed by atoms with Crippen LogP contribution in [0.15, 0.2) is 12.1 Å². The molecule has 0 spiro atoms. The van der Waals surface area contributed by atoms with Crippen molar-refractivity contribution in [3.05, 3.63) is 28.8 Å². The third-order valence-corrected chi connectivity index (χ3v) is 3.32. The summed E-state index contributed by atoms with van der Waals surface area (Å²) in [5, 5.41) is 9.13.